The maximum atomic E-state index is 12.6. The van der Waals surface area contributed by atoms with E-state index >= 15 is 0 Å². The first-order chi connectivity index (χ1) is 10.8. The highest BCUT2D eigenvalue weighted by Gasteiger charge is 2.28. The molecular weight excluding hydrogens is 294 g/mol. The van der Waals surface area contributed by atoms with Crippen LogP contribution in [0.4, 0.5) is 0 Å². The SMILES string of the molecule is O=C(N[C@H](c1ccccc1)C1CCCC1)c1ccccc1Cl. The van der Waals surface area contributed by atoms with E-state index < -0.39 is 0 Å². The van der Waals surface area contributed by atoms with Crippen molar-refractivity contribution < 1.29 is 4.79 Å². The molecule has 2 aromatic carbocycles. The van der Waals surface area contributed by atoms with Gasteiger partial charge in [0.05, 0.1) is 16.6 Å². The molecule has 3 heteroatoms. The molecule has 1 fully saturated rings. The van der Waals surface area contributed by atoms with Crippen LogP contribution in [0.25, 0.3) is 0 Å². The number of carbonyl (C=O) groups is 1. The van der Waals surface area contributed by atoms with Gasteiger partial charge in [0, 0.05) is 0 Å². The van der Waals surface area contributed by atoms with Crippen molar-refractivity contribution >= 4 is 17.5 Å². The second-order valence-corrected chi connectivity index (χ2v) is 6.29. The second-order valence-electron chi connectivity index (χ2n) is 5.89. The molecule has 1 N–H and O–H groups in total. The molecule has 0 aromatic heterocycles. The van der Waals surface area contributed by atoms with Crippen LogP contribution in [0.5, 0.6) is 0 Å². The monoisotopic (exact) mass is 313 g/mol. The van der Waals surface area contributed by atoms with E-state index in [4.69, 9.17) is 11.6 Å². The lowest BCUT2D eigenvalue weighted by molar-refractivity contribution is 0.0922. The molecule has 2 aromatic rings. The Bertz CT molecular complexity index is 635. The van der Waals surface area contributed by atoms with Crippen LogP contribution in [0.1, 0.15) is 47.6 Å². The maximum Gasteiger partial charge on any atom is 0.253 e. The molecule has 1 aliphatic carbocycles. The highest BCUT2D eigenvalue weighted by Crippen LogP contribution is 2.36. The fourth-order valence-electron chi connectivity index (χ4n) is 3.29. The lowest BCUT2D eigenvalue weighted by Gasteiger charge is -2.25. The molecule has 22 heavy (non-hydrogen) atoms. The van der Waals surface area contributed by atoms with E-state index in [0.717, 1.165) is 0 Å². The molecule has 3 rings (SSSR count). The van der Waals surface area contributed by atoms with Gasteiger partial charge >= 0.3 is 0 Å². The van der Waals surface area contributed by atoms with E-state index in [9.17, 15) is 4.79 Å². The number of nitrogens with one attached hydrogen (secondary N) is 1. The van der Waals surface area contributed by atoms with E-state index in [1.165, 1.54) is 31.2 Å². The van der Waals surface area contributed by atoms with Crippen molar-refractivity contribution in [2.24, 2.45) is 5.92 Å². The fraction of sp³-hybridized carbons (Fsp3) is 0.316. The molecule has 0 spiro atoms. The summed E-state index contributed by atoms with van der Waals surface area (Å²) in [6.45, 7) is 0. The largest absolute Gasteiger partial charge is 0.345 e. The molecule has 1 amide bonds. The first-order valence-electron chi connectivity index (χ1n) is 7.86. The Labute approximate surface area is 136 Å². The third-order valence-corrected chi connectivity index (χ3v) is 4.76. The molecule has 2 nitrogen and oxygen atoms in total. The van der Waals surface area contributed by atoms with Crippen molar-refractivity contribution in [2.75, 3.05) is 0 Å². The molecule has 0 aliphatic heterocycles. The summed E-state index contributed by atoms with van der Waals surface area (Å²) >= 11 is 6.15. The summed E-state index contributed by atoms with van der Waals surface area (Å²) in [5.74, 6) is 0.417. The van der Waals surface area contributed by atoms with Gasteiger partial charge in [0.1, 0.15) is 0 Å². The maximum absolute atomic E-state index is 12.6. The number of benzene rings is 2. The smallest absolute Gasteiger partial charge is 0.253 e. The molecule has 114 valence electrons. The zero-order valence-corrected chi connectivity index (χ0v) is 13.2. The normalized spacial score (nSPS) is 16.4. The van der Waals surface area contributed by atoms with Gasteiger partial charge in [-0.15, -0.1) is 0 Å². The zero-order chi connectivity index (χ0) is 15.4. The van der Waals surface area contributed by atoms with Gasteiger partial charge in [-0.3, -0.25) is 4.79 Å². The third-order valence-electron chi connectivity index (χ3n) is 4.44. The van der Waals surface area contributed by atoms with Gasteiger partial charge in [-0.1, -0.05) is 66.9 Å². The lowest BCUT2D eigenvalue weighted by atomic mass is 9.91. The lowest BCUT2D eigenvalue weighted by Crippen LogP contribution is -2.32. The number of rotatable bonds is 4. The van der Waals surface area contributed by atoms with Crippen LogP contribution in [-0.4, -0.2) is 5.91 Å². The van der Waals surface area contributed by atoms with Gasteiger partial charge < -0.3 is 5.32 Å². The van der Waals surface area contributed by atoms with Gasteiger partial charge in [-0.25, -0.2) is 0 Å². The minimum Gasteiger partial charge on any atom is -0.345 e. The summed E-state index contributed by atoms with van der Waals surface area (Å²) in [6.07, 6.45) is 4.83. The topological polar surface area (TPSA) is 29.1 Å². The number of hydrogen-bond donors (Lipinski definition) is 1. The average Bonchev–Trinajstić information content (AvgIpc) is 3.08. The van der Waals surface area contributed by atoms with E-state index in [1.807, 2.05) is 30.3 Å². The van der Waals surface area contributed by atoms with Crippen LogP contribution in [0.3, 0.4) is 0 Å². The van der Waals surface area contributed by atoms with E-state index in [1.54, 1.807) is 12.1 Å². The first-order valence-corrected chi connectivity index (χ1v) is 8.24. The van der Waals surface area contributed by atoms with Gasteiger partial charge in [-0.2, -0.15) is 0 Å². The van der Waals surface area contributed by atoms with Crippen molar-refractivity contribution in [1.82, 2.24) is 5.32 Å². The van der Waals surface area contributed by atoms with Crippen LogP contribution < -0.4 is 5.32 Å². The van der Waals surface area contributed by atoms with Crippen molar-refractivity contribution in [3.63, 3.8) is 0 Å². The minimum atomic E-state index is -0.0913. The number of hydrogen-bond acceptors (Lipinski definition) is 1. The Morgan fingerprint density at radius 1 is 1.00 bits per heavy atom. The Morgan fingerprint density at radius 2 is 1.64 bits per heavy atom. The number of halogens is 1. The standard InChI is InChI=1S/C19H20ClNO/c20-17-13-7-6-12-16(17)19(22)21-18(15-10-4-5-11-15)14-8-2-1-3-9-14/h1-3,6-9,12-13,15,18H,4-5,10-11H2,(H,21,22)/t18-/m1/s1. The number of amides is 1. The van der Waals surface area contributed by atoms with E-state index in [-0.39, 0.29) is 11.9 Å². The molecule has 0 bridgehead atoms. The molecule has 1 atom stereocenters. The Kier molecular flexibility index (Phi) is 4.79. The second kappa shape index (κ2) is 6.97. The van der Waals surface area contributed by atoms with E-state index in [2.05, 4.69) is 17.4 Å². The third kappa shape index (κ3) is 3.33. The zero-order valence-electron chi connectivity index (χ0n) is 12.5. The van der Waals surface area contributed by atoms with Gasteiger partial charge in [0.15, 0.2) is 0 Å². The quantitative estimate of drug-likeness (QED) is 0.845. The highest BCUT2D eigenvalue weighted by atomic mass is 35.5. The average molecular weight is 314 g/mol. The summed E-state index contributed by atoms with van der Waals surface area (Å²) in [4.78, 5) is 12.6. The van der Waals surface area contributed by atoms with Crippen molar-refractivity contribution in [3.05, 3.63) is 70.7 Å². The van der Waals surface area contributed by atoms with Crippen molar-refractivity contribution in [1.29, 1.82) is 0 Å². The summed E-state index contributed by atoms with van der Waals surface area (Å²) in [7, 11) is 0. The summed E-state index contributed by atoms with van der Waals surface area (Å²) in [6, 6.07) is 17.5. The van der Waals surface area contributed by atoms with Crippen LogP contribution in [-0.2, 0) is 0 Å². The molecule has 0 saturated heterocycles. The van der Waals surface area contributed by atoms with Crippen LogP contribution in [0, 0.1) is 5.92 Å². The van der Waals surface area contributed by atoms with Gasteiger partial charge in [0.2, 0.25) is 0 Å². The summed E-state index contributed by atoms with van der Waals surface area (Å²) < 4.78 is 0. The fourth-order valence-corrected chi connectivity index (χ4v) is 3.51. The Morgan fingerprint density at radius 3 is 2.32 bits per heavy atom. The van der Waals surface area contributed by atoms with Gasteiger partial charge in [0.25, 0.3) is 5.91 Å². The van der Waals surface area contributed by atoms with Crippen molar-refractivity contribution in [2.45, 2.75) is 31.7 Å². The molecule has 0 radical (unpaired) electrons. The molecule has 1 saturated carbocycles. The summed E-state index contributed by atoms with van der Waals surface area (Å²) in [5, 5.41) is 3.71. The predicted octanol–water partition coefficient (Wildman–Crippen LogP) is 5.00. The van der Waals surface area contributed by atoms with E-state index in [0.29, 0.717) is 16.5 Å². The predicted molar refractivity (Wildman–Crippen MR) is 90.1 cm³/mol. The molecular formula is C19H20ClNO. The molecule has 0 unspecified atom stereocenters. The molecule has 0 heterocycles. The summed E-state index contributed by atoms with van der Waals surface area (Å²) in [5.41, 5.74) is 1.72. The molecule has 1 aliphatic rings. The highest BCUT2D eigenvalue weighted by molar-refractivity contribution is 6.33. The Hall–Kier alpha value is -1.80. The van der Waals surface area contributed by atoms with Crippen molar-refractivity contribution in [3.8, 4) is 0 Å². The minimum absolute atomic E-state index is 0.0625. The number of carbonyl (C=O) groups excluding carboxylic acids is 1. The first kappa shape index (κ1) is 15.1. The Balaban J connectivity index is 1.84. The van der Waals surface area contributed by atoms with Crippen LogP contribution in [0.2, 0.25) is 5.02 Å². The van der Waals surface area contributed by atoms with Gasteiger partial charge in [-0.05, 0) is 36.5 Å². The van der Waals surface area contributed by atoms with Crippen LogP contribution in [0.15, 0.2) is 54.6 Å². The van der Waals surface area contributed by atoms with Crippen LogP contribution >= 0.6 is 11.6 Å².